The summed E-state index contributed by atoms with van der Waals surface area (Å²) < 4.78 is 1.88. The van der Waals surface area contributed by atoms with Crippen LogP contribution in [0.1, 0.15) is 13.3 Å². The van der Waals surface area contributed by atoms with Crippen molar-refractivity contribution >= 4 is 11.2 Å². The SMILES string of the molecule is CCCn1cnc2c(=O)[nH]cnc21. The Morgan fingerprint density at radius 1 is 1.54 bits per heavy atom. The van der Waals surface area contributed by atoms with Gasteiger partial charge in [-0.3, -0.25) is 4.79 Å². The highest BCUT2D eigenvalue weighted by Crippen LogP contribution is 2.03. The maximum atomic E-state index is 11.2. The van der Waals surface area contributed by atoms with Crippen molar-refractivity contribution < 1.29 is 0 Å². The van der Waals surface area contributed by atoms with E-state index in [2.05, 4.69) is 21.9 Å². The summed E-state index contributed by atoms with van der Waals surface area (Å²) in [7, 11) is 0. The monoisotopic (exact) mass is 178 g/mol. The van der Waals surface area contributed by atoms with Crippen molar-refractivity contribution in [2.45, 2.75) is 19.9 Å². The first-order chi connectivity index (χ1) is 6.33. The highest BCUT2D eigenvalue weighted by molar-refractivity contribution is 5.68. The van der Waals surface area contributed by atoms with Crippen LogP contribution in [-0.2, 0) is 6.54 Å². The zero-order valence-electron chi connectivity index (χ0n) is 7.32. The molecule has 2 aromatic heterocycles. The van der Waals surface area contributed by atoms with E-state index in [1.54, 1.807) is 6.33 Å². The van der Waals surface area contributed by atoms with E-state index in [0.717, 1.165) is 13.0 Å². The van der Waals surface area contributed by atoms with E-state index >= 15 is 0 Å². The largest absolute Gasteiger partial charge is 0.315 e. The van der Waals surface area contributed by atoms with Crippen LogP contribution in [0.2, 0.25) is 0 Å². The molecule has 0 atom stereocenters. The summed E-state index contributed by atoms with van der Waals surface area (Å²) in [5.41, 5.74) is 0.890. The molecule has 2 aromatic rings. The minimum Gasteiger partial charge on any atom is -0.315 e. The summed E-state index contributed by atoms with van der Waals surface area (Å²) in [5, 5.41) is 0. The van der Waals surface area contributed by atoms with Crippen molar-refractivity contribution in [3.05, 3.63) is 23.0 Å². The molecule has 0 saturated heterocycles. The number of aromatic nitrogens is 4. The van der Waals surface area contributed by atoms with Crippen molar-refractivity contribution in [3.63, 3.8) is 0 Å². The van der Waals surface area contributed by atoms with Crippen LogP contribution in [0.5, 0.6) is 0 Å². The van der Waals surface area contributed by atoms with Gasteiger partial charge in [0, 0.05) is 6.54 Å². The quantitative estimate of drug-likeness (QED) is 0.729. The molecule has 5 heteroatoms. The number of nitrogens with zero attached hydrogens (tertiary/aromatic N) is 3. The van der Waals surface area contributed by atoms with Gasteiger partial charge in [-0.25, -0.2) is 9.97 Å². The van der Waals surface area contributed by atoms with E-state index in [-0.39, 0.29) is 5.56 Å². The summed E-state index contributed by atoms with van der Waals surface area (Å²) in [6.45, 7) is 2.91. The Morgan fingerprint density at radius 3 is 3.15 bits per heavy atom. The molecule has 0 fully saturated rings. The number of fused-ring (bicyclic) bond motifs is 1. The molecular formula is C8H10N4O. The van der Waals surface area contributed by atoms with Gasteiger partial charge in [0.15, 0.2) is 11.2 Å². The van der Waals surface area contributed by atoms with Crippen molar-refractivity contribution in [1.82, 2.24) is 19.5 Å². The number of hydrogen-bond acceptors (Lipinski definition) is 3. The van der Waals surface area contributed by atoms with Gasteiger partial charge in [-0.15, -0.1) is 0 Å². The highest BCUT2D eigenvalue weighted by atomic mass is 16.1. The van der Waals surface area contributed by atoms with Crippen LogP contribution in [0.4, 0.5) is 0 Å². The predicted octanol–water partition coefficient (Wildman–Crippen LogP) is 0.530. The van der Waals surface area contributed by atoms with Crippen molar-refractivity contribution in [2.24, 2.45) is 0 Å². The second kappa shape index (κ2) is 3.01. The first kappa shape index (κ1) is 7.97. The Balaban J connectivity index is 2.68. The zero-order valence-corrected chi connectivity index (χ0v) is 7.32. The van der Waals surface area contributed by atoms with Gasteiger partial charge < -0.3 is 9.55 Å². The van der Waals surface area contributed by atoms with Gasteiger partial charge >= 0.3 is 0 Å². The van der Waals surface area contributed by atoms with E-state index in [1.807, 2.05) is 4.57 Å². The Kier molecular flexibility index (Phi) is 1.84. The van der Waals surface area contributed by atoms with Gasteiger partial charge in [-0.2, -0.15) is 0 Å². The third-order valence-electron chi connectivity index (χ3n) is 1.87. The Morgan fingerprint density at radius 2 is 2.38 bits per heavy atom. The minimum atomic E-state index is -0.181. The van der Waals surface area contributed by atoms with Crippen LogP contribution in [-0.4, -0.2) is 19.5 Å². The van der Waals surface area contributed by atoms with Gasteiger partial charge in [0.1, 0.15) is 0 Å². The molecule has 0 bridgehead atoms. The van der Waals surface area contributed by atoms with E-state index in [9.17, 15) is 4.79 Å². The lowest BCUT2D eigenvalue weighted by Gasteiger charge is -1.97. The van der Waals surface area contributed by atoms with Gasteiger partial charge in [-0.05, 0) is 6.42 Å². The number of aromatic amines is 1. The number of nitrogens with one attached hydrogen (secondary N) is 1. The predicted molar refractivity (Wildman–Crippen MR) is 48.4 cm³/mol. The molecule has 0 aliphatic rings. The van der Waals surface area contributed by atoms with Gasteiger partial charge in [0.25, 0.3) is 5.56 Å². The number of H-pyrrole nitrogens is 1. The molecule has 0 aliphatic heterocycles. The third kappa shape index (κ3) is 1.22. The first-order valence-corrected chi connectivity index (χ1v) is 4.21. The molecule has 2 rings (SSSR count). The molecular weight excluding hydrogens is 168 g/mol. The summed E-state index contributed by atoms with van der Waals surface area (Å²) in [6, 6.07) is 0. The topological polar surface area (TPSA) is 63.6 Å². The van der Waals surface area contributed by atoms with Gasteiger partial charge in [0.2, 0.25) is 0 Å². The van der Waals surface area contributed by atoms with Crippen molar-refractivity contribution in [3.8, 4) is 0 Å². The van der Waals surface area contributed by atoms with Crippen molar-refractivity contribution in [1.29, 1.82) is 0 Å². The number of imidazole rings is 1. The van der Waals surface area contributed by atoms with Gasteiger partial charge in [0.05, 0.1) is 12.7 Å². The standard InChI is InChI=1S/C8H10N4O/c1-2-3-12-5-11-6-7(12)9-4-10-8(6)13/h4-5H,2-3H2,1H3,(H,9,10,13). The fourth-order valence-electron chi connectivity index (χ4n) is 1.30. The van der Waals surface area contributed by atoms with Gasteiger partial charge in [-0.1, -0.05) is 6.92 Å². The fraction of sp³-hybridized carbons (Fsp3) is 0.375. The van der Waals surface area contributed by atoms with E-state index < -0.39 is 0 Å². The number of hydrogen-bond donors (Lipinski definition) is 1. The first-order valence-electron chi connectivity index (χ1n) is 4.21. The minimum absolute atomic E-state index is 0.181. The summed E-state index contributed by atoms with van der Waals surface area (Å²) in [5.74, 6) is 0. The smallest absolute Gasteiger partial charge is 0.278 e. The van der Waals surface area contributed by atoms with Crippen LogP contribution >= 0.6 is 0 Å². The second-order valence-electron chi connectivity index (χ2n) is 2.84. The van der Waals surface area contributed by atoms with E-state index in [0.29, 0.717) is 11.2 Å². The maximum Gasteiger partial charge on any atom is 0.278 e. The molecule has 0 spiro atoms. The Hall–Kier alpha value is -1.65. The normalized spacial score (nSPS) is 10.8. The van der Waals surface area contributed by atoms with E-state index in [1.165, 1.54) is 6.33 Å². The van der Waals surface area contributed by atoms with Crippen LogP contribution in [0.15, 0.2) is 17.4 Å². The lowest BCUT2D eigenvalue weighted by Crippen LogP contribution is -2.07. The molecule has 2 heterocycles. The highest BCUT2D eigenvalue weighted by Gasteiger charge is 2.05. The maximum absolute atomic E-state index is 11.2. The second-order valence-corrected chi connectivity index (χ2v) is 2.84. The van der Waals surface area contributed by atoms with Crippen molar-refractivity contribution in [2.75, 3.05) is 0 Å². The average Bonchev–Trinajstić information content (AvgIpc) is 2.51. The average molecular weight is 178 g/mol. The lowest BCUT2D eigenvalue weighted by molar-refractivity contribution is 0.691. The molecule has 1 N–H and O–H groups in total. The molecule has 0 radical (unpaired) electrons. The molecule has 68 valence electrons. The lowest BCUT2D eigenvalue weighted by atomic mass is 10.4. The number of rotatable bonds is 2. The fourth-order valence-corrected chi connectivity index (χ4v) is 1.30. The molecule has 0 saturated carbocycles. The molecule has 13 heavy (non-hydrogen) atoms. The molecule has 0 amide bonds. The van der Waals surface area contributed by atoms with Crippen LogP contribution < -0.4 is 5.56 Å². The Labute approximate surface area is 74.4 Å². The third-order valence-corrected chi connectivity index (χ3v) is 1.87. The van der Waals surface area contributed by atoms with Crippen LogP contribution in [0.25, 0.3) is 11.2 Å². The summed E-state index contributed by atoms with van der Waals surface area (Å²) in [4.78, 5) is 21.8. The zero-order chi connectivity index (χ0) is 9.26. The molecule has 0 aliphatic carbocycles. The van der Waals surface area contributed by atoms with E-state index in [4.69, 9.17) is 0 Å². The summed E-state index contributed by atoms with van der Waals surface area (Å²) in [6.07, 6.45) is 4.05. The summed E-state index contributed by atoms with van der Waals surface area (Å²) >= 11 is 0. The molecule has 0 unspecified atom stereocenters. The van der Waals surface area contributed by atoms with Crippen LogP contribution in [0.3, 0.4) is 0 Å². The number of aryl methyl sites for hydroxylation is 1. The molecule has 0 aromatic carbocycles. The molecule has 5 nitrogen and oxygen atoms in total. The Bertz CT molecular complexity index is 470. The van der Waals surface area contributed by atoms with Crippen LogP contribution in [0, 0.1) is 0 Å².